The third kappa shape index (κ3) is 5.51. The van der Waals surface area contributed by atoms with E-state index in [9.17, 15) is 19.5 Å². The van der Waals surface area contributed by atoms with E-state index in [2.05, 4.69) is 13.2 Å². The average molecular weight is 533 g/mol. The molecular formula is C29H44N2O5S. The van der Waals surface area contributed by atoms with Crippen LogP contribution in [0.4, 0.5) is 0 Å². The number of carbonyl (C=O) groups is 3. The third-order valence-corrected chi connectivity index (χ3v) is 10.7. The number of thioether (sulfide) groups is 1. The number of rotatable bonds is 14. The number of fused-ring (bicyclic) bond motifs is 1. The SMILES string of the molecule is C=CCCCCOC(=O)[C@@H]1[C@H]2C(=O)N(CCCCO)C(C(=O)N(CC=C)C3CCCCC3)C23CC[C@H]1S3. The summed E-state index contributed by atoms with van der Waals surface area (Å²) in [5, 5.41) is 9.39. The van der Waals surface area contributed by atoms with Crippen LogP contribution in [0.3, 0.4) is 0 Å². The van der Waals surface area contributed by atoms with Crippen LogP contribution in [0.2, 0.25) is 0 Å². The smallest absolute Gasteiger partial charge is 0.310 e. The van der Waals surface area contributed by atoms with Gasteiger partial charge in [-0.3, -0.25) is 14.4 Å². The standard InChI is InChI=1S/C29H44N2O5S/c1-3-5-6-12-20-36-28(35)23-22-15-16-29(37-22)24(23)26(33)31(18-10-11-19-32)25(29)27(34)30(17-4-2)21-13-8-7-9-14-21/h3-4,21-25,32H,1-2,5-20H2/t22-,23+,24+,25?,29?/m1/s1. The Kier molecular flexibility index (Phi) is 9.79. The topological polar surface area (TPSA) is 87.1 Å². The fraction of sp³-hybridized carbons (Fsp3) is 0.759. The monoisotopic (exact) mass is 532 g/mol. The molecule has 1 aliphatic carbocycles. The Balaban J connectivity index is 1.59. The Morgan fingerprint density at radius 2 is 1.89 bits per heavy atom. The Labute approximate surface area is 226 Å². The molecule has 4 rings (SSSR count). The number of amides is 2. The molecule has 7 nitrogen and oxygen atoms in total. The lowest BCUT2D eigenvalue weighted by Gasteiger charge is -2.41. The molecule has 2 unspecified atom stereocenters. The molecule has 4 aliphatic rings. The highest BCUT2D eigenvalue weighted by atomic mass is 32.2. The maximum Gasteiger partial charge on any atom is 0.310 e. The van der Waals surface area contributed by atoms with E-state index in [0.717, 1.165) is 57.8 Å². The Morgan fingerprint density at radius 3 is 2.59 bits per heavy atom. The summed E-state index contributed by atoms with van der Waals surface area (Å²) in [6, 6.07) is -0.407. The summed E-state index contributed by atoms with van der Waals surface area (Å²) >= 11 is 1.70. The molecule has 1 N–H and O–H groups in total. The molecule has 1 saturated carbocycles. The predicted octanol–water partition coefficient (Wildman–Crippen LogP) is 4.10. The van der Waals surface area contributed by atoms with Gasteiger partial charge in [0.25, 0.3) is 0 Å². The number of aliphatic hydroxyl groups excluding tert-OH is 1. The van der Waals surface area contributed by atoms with Gasteiger partial charge in [0.05, 0.1) is 23.2 Å². The van der Waals surface area contributed by atoms with Gasteiger partial charge in [0, 0.05) is 31.0 Å². The highest BCUT2D eigenvalue weighted by Gasteiger charge is 2.74. The van der Waals surface area contributed by atoms with Crippen molar-refractivity contribution < 1.29 is 24.2 Å². The zero-order chi connectivity index (χ0) is 26.4. The maximum absolute atomic E-state index is 14.4. The van der Waals surface area contributed by atoms with Crippen molar-refractivity contribution in [3.8, 4) is 0 Å². The second kappa shape index (κ2) is 12.8. The van der Waals surface area contributed by atoms with Gasteiger partial charge in [0.1, 0.15) is 6.04 Å². The average Bonchev–Trinajstić information content (AvgIpc) is 3.55. The van der Waals surface area contributed by atoms with Crippen molar-refractivity contribution in [2.45, 2.75) is 99.1 Å². The normalized spacial score (nSPS) is 30.8. The maximum atomic E-state index is 14.4. The highest BCUT2D eigenvalue weighted by Crippen LogP contribution is 2.66. The molecule has 4 fully saturated rings. The van der Waals surface area contributed by atoms with Crippen molar-refractivity contribution in [3.63, 3.8) is 0 Å². The van der Waals surface area contributed by atoms with Crippen LogP contribution in [0, 0.1) is 11.8 Å². The van der Waals surface area contributed by atoms with E-state index in [1.807, 2.05) is 11.0 Å². The van der Waals surface area contributed by atoms with E-state index < -0.39 is 22.6 Å². The Bertz CT molecular complexity index is 859. The lowest BCUT2D eigenvalue weighted by atomic mass is 9.71. The third-order valence-electron chi connectivity index (χ3n) is 8.78. The first-order chi connectivity index (χ1) is 18.0. The molecule has 2 amide bonds. The van der Waals surface area contributed by atoms with E-state index in [1.165, 1.54) is 6.42 Å². The van der Waals surface area contributed by atoms with Gasteiger partial charge in [-0.15, -0.1) is 24.9 Å². The molecule has 0 aromatic carbocycles. The summed E-state index contributed by atoms with van der Waals surface area (Å²) in [6.45, 7) is 8.96. The van der Waals surface area contributed by atoms with Crippen LogP contribution in [0.25, 0.3) is 0 Å². The van der Waals surface area contributed by atoms with Gasteiger partial charge >= 0.3 is 5.97 Å². The molecule has 0 aromatic rings. The number of esters is 1. The lowest BCUT2D eigenvalue weighted by molar-refractivity contribution is -0.154. The Morgan fingerprint density at radius 1 is 1.11 bits per heavy atom. The summed E-state index contributed by atoms with van der Waals surface area (Å²) in [5.41, 5.74) is 0. The van der Waals surface area contributed by atoms with Crippen LogP contribution < -0.4 is 0 Å². The number of aliphatic hydroxyl groups is 1. The molecule has 2 bridgehead atoms. The van der Waals surface area contributed by atoms with Gasteiger partial charge in [-0.2, -0.15) is 0 Å². The van der Waals surface area contributed by atoms with Gasteiger partial charge in [0.2, 0.25) is 11.8 Å². The van der Waals surface area contributed by atoms with E-state index in [0.29, 0.717) is 32.5 Å². The molecule has 5 atom stereocenters. The molecule has 3 aliphatic heterocycles. The van der Waals surface area contributed by atoms with Crippen LogP contribution in [0.5, 0.6) is 0 Å². The van der Waals surface area contributed by atoms with Gasteiger partial charge in [-0.25, -0.2) is 0 Å². The van der Waals surface area contributed by atoms with E-state index in [4.69, 9.17) is 4.74 Å². The zero-order valence-electron chi connectivity index (χ0n) is 22.2. The number of ether oxygens (including phenoxy) is 1. The number of hydrogen-bond acceptors (Lipinski definition) is 6. The molecule has 37 heavy (non-hydrogen) atoms. The minimum absolute atomic E-state index is 0.0123. The van der Waals surface area contributed by atoms with Crippen LogP contribution in [0.15, 0.2) is 25.3 Å². The predicted molar refractivity (Wildman–Crippen MR) is 146 cm³/mol. The van der Waals surface area contributed by atoms with Crippen molar-refractivity contribution in [2.24, 2.45) is 11.8 Å². The van der Waals surface area contributed by atoms with Crippen LogP contribution >= 0.6 is 11.8 Å². The van der Waals surface area contributed by atoms with Crippen molar-refractivity contribution in [2.75, 3.05) is 26.3 Å². The first-order valence-corrected chi connectivity index (χ1v) is 15.2. The minimum Gasteiger partial charge on any atom is -0.465 e. The summed E-state index contributed by atoms with van der Waals surface area (Å²) in [4.78, 5) is 45.5. The first-order valence-electron chi connectivity index (χ1n) is 14.3. The van der Waals surface area contributed by atoms with E-state index in [-0.39, 0.29) is 35.7 Å². The molecule has 8 heteroatoms. The fourth-order valence-electron chi connectivity index (χ4n) is 7.10. The second-order valence-electron chi connectivity index (χ2n) is 11.0. The first kappa shape index (κ1) is 28.2. The van der Waals surface area contributed by atoms with Crippen molar-refractivity contribution in [1.29, 1.82) is 0 Å². The quantitative estimate of drug-likeness (QED) is 0.206. The fourth-order valence-corrected chi connectivity index (χ4v) is 9.30. The zero-order valence-corrected chi connectivity index (χ0v) is 23.0. The van der Waals surface area contributed by atoms with Gasteiger partial charge < -0.3 is 19.6 Å². The van der Waals surface area contributed by atoms with Crippen molar-refractivity contribution in [1.82, 2.24) is 9.80 Å². The van der Waals surface area contributed by atoms with Crippen molar-refractivity contribution >= 4 is 29.5 Å². The summed E-state index contributed by atoms with van der Waals surface area (Å²) in [7, 11) is 0. The number of allylic oxidation sites excluding steroid dienone is 1. The van der Waals surface area contributed by atoms with E-state index >= 15 is 0 Å². The minimum atomic E-state index is -0.585. The Hall–Kier alpha value is -1.80. The second-order valence-corrected chi connectivity index (χ2v) is 12.6. The molecule has 1 spiro atoms. The molecule has 3 heterocycles. The summed E-state index contributed by atoms with van der Waals surface area (Å²) in [5.74, 6) is -1.36. The molecule has 206 valence electrons. The van der Waals surface area contributed by atoms with E-state index in [1.54, 1.807) is 22.7 Å². The molecular weight excluding hydrogens is 488 g/mol. The van der Waals surface area contributed by atoms with Crippen LogP contribution in [-0.4, -0.2) is 81.1 Å². The lowest BCUT2D eigenvalue weighted by Crippen LogP contribution is -2.57. The van der Waals surface area contributed by atoms with Gasteiger partial charge in [-0.05, 0) is 57.8 Å². The number of hydrogen-bond donors (Lipinski definition) is 1. The summed E-state index contributed by atoms with van der Waals surface area (Å²) in [6.07, 6.45) is 14.4. The highest BCUT2D eigenvalue weighted by molar-refractivity contribution is 8.02. The van der Waals surface area contributed by atoms with Crippen LogP contribution in [0.1, 0.15) is 77.0 Å². The number of nitrogens with zero attached hydrogens (tertiary/aromatic N) is 2. The van der Waals surface area contributed by atoms with Gasteiger partial charge in [-0.1, -0.05) is 31.4 Å². The molecule has 0 aromatic heterocycles. The summed E-state index contributed by atoms with van der Waals surface area (Å²) < 4.78 is 5.11. The molecule has 3 saturated heterocycles. The largest absolute Gasteiger partial charge is 0.465 e. The molecule has 0 radical (unpaired) electrons. The van der Waals surface area contributed by atoms with Crippen LogP contribution in [-0.2, 0) is 19.1 Å². The number of carbonyl (C=O) groups excluding carboxylic acids is 3. The number of likely N-dealkylation sites (tertiary alicyclic amines) is 1. The van der Waals surface area contributed by atoms with Gasteiger partial charge in [0.15, 0.2) is 0 Å². The number of unbranched alkanes of at least 4 members (excludes halogenated alkanes) is 3. The van der Waals surface area contributed by atoms with Crippen molar-refractivity contribution in [3.05, 3.63) is 25.3 Å².